The van der Waals surface area contributed by atoms with Gasteiger partial charge in [0.05, 0.1) is 18.7 Å². The van der Waals surface area contributed by atoms with Gasteiger partial charge < -0.3 is 10.1 Å². The monoisotopic (exact) mass is 325 g/mol. The molecule has 7 heteroatoms. The minimum Gasteiger partial charge on any atom is -0.492 e. The Morgan fingerprint density at radius 2 is 2.04 bits per heavy atom. The normalized spacial score (nSPS) is 10.8. The summed E-state index contributed by atoms with van der Waals surface area (Å²) in [6, 6.07) is 9.25. The van der Waals surface area contributed by atoms with Gasteiger partial charge in [-0.15, -0.1) is 5.10 Å². The molecule has 0 fully saturated rings. The number of hydrogen-bond acceptors (Lipinski definition) is 5. The molecule has 2 aromatic heterocycles. The Balaban J connectivity index is 1.77. The summed E-state index contributed by atoms with van der Waals surface area (Å²) in [5, 5.41) is 7.19. The van der Waals surface area contributed by atoms with E-state index in [1.165, 1.54) is 0 Å². The van der Waals surface area contributed by atoms with Gasteiger partial charge in [-0.2, -0.15) is 4.98 Å². The van der Waals surface area contributed by atoms with E-state index in [2.05, 4.69) is 20.4 Å². The Labute approximate surface area is 139 Å². The van der Waals surface area contributed by atoms with Crippen molar-refractivity contribution < 1.29 is 9.53 Å². The zero-order valence-corrected chi connectivity index (χ0v) is 13.9. The van der Waals surface area contributed by atoms with E-state index in [1.807, 2.05) is 45.0 Å². The zero-order valence-electron chi connectivity index (χ0n) is 13.9. The fraction of sp³-hybridized carbons (Fsp3) is 0.294. The number of para-hydroxylation sites is 2. The Morgan fingerprint density at radius 3 is 2.83 bits per heavy atom. The second-order valence-corrected chi connectivity index (χ2v) is 5.43. The molecule has 1 N–H and O–H groups in total. The van der Waals surface area contributed by atoms with Gasteiger partial charge in [0.1, 0.15) is 5.75 Å². The first-order chi connectivity index (χ1) is 11.6. The van der Waals surface area contributed by atoms with Crippen molar-refractivity contribution >= 4 is 17.4 Å². The van der Waals surface area contributed by atoms with Crippen molar-refractivity contribution in [1.29, 1.82) is 0 Å². The van der Waals surface area contributed by atoms with Crippen LogP contribution in [-0.4, -0.2) is 32.1 Å². The molecule has 2 heterocycles. The molecule has 7 nitrogen and oxygen atoms in total. The third-order valence-electron chi connectivity index (χ3n) is 3.44. The molecule has 0 bridgehead atoms. The summed E-state index contributed by atoms with van der Waals surface area (Å²) in [6.45, 7) is 6.26. The summed E-state index contributed by atoms with van der Waals surface area (Å²) in [5.74, 6) is 1.38. The summed E-state index contributed by atoms with van der Waals surface area (Å²) in [4.78, 5) is 20.9. The van der Waals surface area contributed by atoms with Gasteiger partial charge in [0.25, 0.3) is 5.78 Å². The zero-order chi connectivity index (χ0) is 17.1. The molecule has 3 rings (SSSR count). The maximum absolute atomic E-state index is 12.3. The van der Waals surface area contributed by atoms with Crippen molar-refractivity contribution in [3.63, 3.8) is 0 Å². The van der Waals surface area contributed by atoms with Crippen LogP contribution in [-0.2, 0) is 11.2 Å². The molecule has 0 atom stereocenters. The van der Waals surface area contributed by atoms with Gasteiger partial charge in [-0.1, -0.05) is 12.1 Å². The highest BCUT2D eigenvalue weighted by molar-refractivity contribution is 5.93. The number of ether oxygens (including phenoxy) is 1. The standard InChI is InChI=1S/C17H19N5O2/c1-4-24-14-8-6-5-7-13(14)19-16(23)10-15-20-17-18-11(2)9-12(3)22(17)21-15/h5-9H,4,10H2,1-3H3,(H,19,23). The highest BCUT2D eigenvalue weighted by Crippen LogP contribution is 2.23. The van der Waals surface area contributed by atoms with E-state index >= 15 is 0 Å². The maximum atomic E-state index is 12.3. The van der Waals surface area contributed by atoms with Crippen molar-refractivity contribution in [2.24, 2.45) is 0 Å². The van der Waals surface area contributed by atoms with E-state index in [4.69, 9.17) is 4.74 Å². The Kier molecular flexibility index (Phi) is 4.41. The lowest BCUT2D eigenvalue weighted by Crippen LogP contribution is -2.16. The number of rotatable bonds is 5. The first-order valence-corrected chi connectivity index (χ1v) is 7.78. The number of benzene rings is 1. The van der Waals surface area contributed by atoms with E-state index < -0.39 is 0 Å². The van der Waals surface area contributed by atoms with E-state index in [1.54, 1.807) is 10.6 Å². The summed E-state index contributed by atoms with van der Waals surface area (Å²) in [5.41, 5.74) is 2.44. The molecule has 0 unspecified atom stereocenters. The molecule has 3 aromatic rings. The third-order valence-corrected chi connectivity index (χ3v) is 3.44. The lowest BCUT2D eigenvalue weighted by atomic mass is 10.2. The Bertz CT molecular complexity index is 888. The topological polar surface area (TPSA) is 81.4 Å². The molecule has 0 saturated heterocycles. The Morgan fingerprint density at radius 1 is 1.25 bits per heavy atom. The fourth-order valence-electron chi connectivity index (χ4n) is 2.47. The molecule has 0 radical (unpaired) electrons. The summed E-state index contributed by atoms with van der Waals surface area (Å²) >= 11 is 0. The van der Waals surface area contributed by atoms with Gasteiger partial charge >= 0.3 is 0 Å². The molecule has 0 aliphatic carbocycles. The average Bonchev–Trinajstić information content (AvgIpc) is 2.92. The molecule has 1 amide bonds. The summed E-state index contributed by atoms with van der Waals surface area (Å²) in [6.07, 6.45) is 0.0717. The van der Waals surface area contributed by atoms with Crippen LogP contribution in [0, 0.1) is 13.8 Å². The molecule has 24 heavy (non-hydrogen) atoms. The van der Waals surface area contributed by atoms with Crippen LogP contribution in [0.4, 0.5) is 5.69 Å². The molecule has 0 saturated carbocycles. The van der Waals surface area contributed by atoms with Crippen LogP contribution in [0.5, 0.6) is 5.75 Å². The lowest BCUT2D eigenvalue weighted by Gasteiger charge is -2.10. The van der Waals surface area contributed by atoms with Gasteiger partial charge in [0, 0.05) is 11.4 Å². The molecular weight excluding hydrogens is 306 g/mol. The first-order valence-electron chi connectivity index (χ1n) is 7.78. The van der Waals surface area contributed by atoms with E-state index in [0.717, 1.165) is 11.4 Å². The molecular formula is C17H19N5O2. The lowest BCUT2D eigenvalue weighted by molar-refractivity contribution is -0.115. The number of nitrogens with one attached hydrogen (secondary N) is 1. The van der Waals surface area contributed by atoms with Crippen LogP contribution in [0.1, 0.15) is 24.1 Å². The number of carbonyl (C=O) groups excluding carboxylic acids is 1. The van der Waals surface area contributed by atoms with Crippen LogP contribution in [0.3, 0.4) is 0 Å². The van der Waals surface area contributed by atoms with Crippen LogP contribution < -0.4 is 10.1 Å². The number of aryl methyl sites for hydroxylation is 2. The second-order valence-electron chi connectivity index (χ2n) is 5.43. The average molecular weight is 325 g/mol. The van der Waals surface area contributed by atoms with Gasteiger partial charge in [0.2, 0.25) is 5.91 Å². The maximum Gasteiger partial charge on any atom is 0.252 e. The molecule has 0 aliphatic rings. The van der Waals surface area contributed by atoms with Crippen molar-refractivity contribution in [1.82, 2.24) is 19.6 Å². The smallest absolute Gasteiger partial charge is 0.252 e. The minimum absolute atomic E-state index is 0.0717. The van der Waals surface area contributed by atoms with Gasteiger partial charge in [-0.05, 0) is 39.0 Å². The number of carbonyl (C=O) groups is 1. The van der Waals surface area contributed by atoms with Crippen LogP contribution in [0.25, 0.3) is 5.78 Å². The van der Waals surface area contributed by atoms with Gasteiger partial charge in [-0.3, -0.25) is 4.79 Å². The highest BCUT2D eigenvalue weighted by atomic mass is 16.5. The number of fused-ring (bicyclic) bond motifs is 1. The molecule has 0 aliphatic heterocycles. The third kappa shape index (κ3) is 3.34. The van der Waals surface area contributed by atoms with Gasteiger partial charge in [-0.25, -0.2) is 9.50 Å². The highest BCUT2D eigenvalue weighted by Gasteiger charge is 2.13. The summed E-state index contributed by atoms with van der Waals surface area (Å²) < 4.78 is 7.15. The SMILES string of the molecule is CCOc1ccccc1NC(=O)Cc1nc2nc(C)cc(C)n2n1. The molecule has 0 spiro atoms. The number of hydrogen-bond donors (Lipinski definition) is 1. The quantitative estimate of drug-likeness (QED) is 0.778. The van der Waals surface area contributed by atoms with E-state index in [9.17, 15) is 4.79 Å². The number of nitrogens with zero attached hydrogens (tertiary/aromatic N) is 4. The number of amides is 1. The van der Waals surface area contributed by atoms with Crippen LogP contribution in [0.2, 0.25) is 0 Å². The second kappa shape index (κ2) is 6.66. The largest absolute Gasteiger partial charge is 0.492 e. The van der Waals surface area contributed by atoms with Crippen molar-refractivity contribution in [3.05, 3.63) is 47.5 Å². The first kappa shape index (κ1) is 15.9. The van der Waals surface area contributed by atoms with Crippen molar-refractivity contribution in [2.75, 3.05) is 11.9 Å². The van der Waals surface area contributed by atoms with E-state index in [-0.39, 0.29) is 12.3 Å². The van der Waals surface area contributed by atoms with Crippen LogP contribution >= 0.6 is 0 Å². The minimum atomic E-state index is -0.201. The molecule has 1 aromatic carbocycles. The summed E-state index contributed by atoms with van der Waals surface area (Å²) in [7, 11) is 0. The predicted octanol–water partition coefficient (Wildman–Crippen LogP) is 2.32. The predicted molar refractivity (Wildman–Crippen MR) is 90.2 cm³/mol. The van der Waals surface area contributed by atoms with Gasteiger partial charge in [0.15, 0.2) is 5.82 Å². The van der Waals surface area contributed by atoms with Crippen molar-refractivity contribution in [2.45, 2.75) is 27.2 Å². The fourth-order valence-corrected chi connectivity index (χ4v) is 2.47. The van der Waals surface area contributed by atoms with Crippen molar-refractivity contribution in [3.8, 4) is 5.75 Å². The molecule has 124 valence electrons. The van der Waals surface area contributed by atoms with Crippen LogP contribution in [0.15, 0.2) is 30.3 Å². The number of anilines is 1. The number of aromatic nitrogens is 4. The Hall–Kier alpha value is -2.96. The van der Waals surface area contributed by atoms with E-state index in [0.29, 0.717) is 29.6 Å².